The highest BCUT2D eigenvalue weighted by molar-refractivity contribution is 6.04. The number of aromatic carboxylic acids is 1. The summed E-state index contributed by atoms with van der Waals surface area (Å²) in [6.07, 6.45) is 3.88. The Morgan fingerprint density at radius 1 is 1.38 bits per heavy atom. The van der Waals surface area contributed by atoms with E-state index in [1.165, 1.54) is 6.20 Å². The van der Waals surface area contributed by atoms with Crippen LogP contribution in [0.25, 0.3) is 11.0 Å². The zero-order chi connectivity index (χ0) is 15.4. The van der Waals surface area contributed by atoms with Gasteiger partial charge in [0, 0.05) is 26.4 Å². The molecule has 0 spiro atoms. The average Bonchev–Trinajstić information content (AvgIpc) is 2.73. The molecule has 2 heterocycles. The molecule has 7 nitrogen and oxygen atoms in total. The van der Waals surface area contributed by atoms with Gasteiger partial charge in [0.05, 0.1) is 16.8 Å². The first-order valence-corrected chi connectivity index (χ1v) is 6.96. The van der Waals surface area contributed by atoms with Crippen molar-refractivity contribution in [1.29, 1.82) is 0 Å². The predicted octanol–water partition coefficient (Wildman–Crippen LogP) is 1.55. The zero-order valence-corrected chi connectivity index (χ0v) is 12.3. The van der Waals surface area contributed by atoms with E-state index in [0.717, 1.165) is 30.3 Å². The van der Waals surface area contributed by atoms with E-state index in [9.17, 15) is 9.90 Å². The van der Waals surface area contributed by atoms with Crippen LogP contribution in [0, 0.1) is 6.92 Å². The molecule has 0 saturated carbocycles. The minimum absolute atomic E-state index is 0.153. The molecular weight excluding hydrogens is 272 g/mol. The number of carboxylic acid groups (broad SMARTS) is 1. The van der Waals surface area contributed by atoms with Crippen molar-refractivity contribution in [1.82, 2.24) is 14.8 Å². The first-order valence-electron chi connectivity index (χ1n) is 6.96. The number of aliphatic hydroxyl groups excluding tert-OH is 1. The Bertz CT molecular complexity index is 651. The Morgan fingerprint density at radius 2 is 2.14 bits per heavy atom. The molecule has 0 fully saturated rings. The molecule has 0 aliphatic carbocycles. The van der Waals surface area contributed by atoms with E-state index in [4.69, 9.17) is 5.11 Å². The lowest BCUT2D eigenvalue weighted by atomic mass is 10.1. The largest absolute Gasteiger partial charge is 0.478 e. The molecule has 7 heteroatoms. The van der Waals surface area contributed by atoms with Crippen LogP contribution in [-0.4, -0.2) is 44.1 Å². The molecule has 2 aromatic rings. The molecule has 0 aromatic carbocycles. The Labute approximate surface area is 122 Å². The van der Waals surface area contributed by atoms with Crippen molar-refractivity contribution in [2.45, 2.75) is 26.2 Å². The lowest BCUT2D eigenvalue weighted by Crippen LogP contribution is -2.09. The van der Waals surface area contributed by atoms with Crippen LogP contribution in [0.1, 0.15) is 35.3 Å². The quantitative estimate of drug-likeness (QED) is 0.669. The Kier molecular flexibility index (Phi) is 4.74. The fourth-order valence-electron chi connectivity index (χ4n) is 2.38. The number of aliphatic hydroxyl groups is 1. The van der Waals surface area contributed by atoms with Gasteiger partial charge in [0.25, 0.3) is 0 Å². The van der Waals surface area contributed by atoms with Gasteiger partial charge in [-0.25, -0.2) is 9.78 Å². The molecule has 0 atom stereocenters. The molecule has 2 rings (SSSR count). The minimum atomic E-state index is -1.01. The Morgan fingerprint density at radius 3 is 2.81 bits per heavy atom. The van der Waals surface area contributed by atoms with Crippen LogP contribution in [0.2, 0.25) is 0 Å². The summed E-state index contributed by atoms with van der Waals surface area (Å²) in [4.78, 5) is 15.6. The van der Waals surface area contributed by atoms with E-state index in [1.54, 1.807) is 11.7 Å². The van der Waals surface area contributed by atoms with Gasteiger partial charge in [-0.1, -0.05) is 0 Å². The number of aryl methyl sites for hydroxylation is 2. The number of hydrogen-bond acceptors (Lipinski definition) is 5. The number of aromatic nitrogens is 3. The SMILES string of the molecule is Cc1nn(C)c2ncc(C(=O)O)c(NCCCCCO)c12. The third kappa shape index (κ3) is 3.13. The number of pyridine rings is 1. The minimum Gasteiger partial charge on any atom is -0.478 e. The average molecular weight is 292 g/mol. The first kappa shape index (κ1) is 15.2. The Hall–Kier alpha value is -2.15. The number of nitrogens with one attached hydrogen (secondary N) is 1. The molecule has 2 aromatic heterocycles. The number of fused-ring (bicyclic) bond motifs is 1. The number of nitrogens with zero attached hydrogens (tertiary/aromatic N) is 3. The smallest absolute Gasteiger partial charge is 0.339 e. The monoisotopic (exact) mass is 292 g/mol. The molecule has 3 N–H and O–H groups in total. The first-order chi connectivity index (χ1) is 10.1. The third-order valence-electron chi connectivity index (χ3n) is 3.39. The normalized spacial score (nSPS) is 11.0. The van der Waals surface area contributed by atoms with Crippen LogP contribution >= 0.6 is 0 Å². The topological polar surface area (TPSA) is 100 Å². The lowest BCUT2D eigenvalue weighted by molar-refractivity contribution is 0.0697. The van der Waals surface area contributed by atoms with E-state index >= 15 is 0 Å². The van der Waals surface area contributed by atoms with E-state index in [0.29, 0.717) is 17.9 Å². The van der Waals surface area contributed by atoms with Crippen molar-refractivity contribution >= 4 is 22.7 Å². The second-order valence-electron chi connectivity index (χ2n) is 4.97. The molecule has 21 heavy (non-hydrogen) atoms. The number of anilines is 1. The van der Waals surface area contributed by atoms with E-state index in [1.807, 2.05) is 6.92 Å². The van der Waals surface area contributed by atoms with Gasteiger partial charge in [-0.2, -0.15) is 5.10 Å². The van der Waals surface area contributed by atoms with Gasteiger partial charge < -0.3 is 15.5 Å². The zero-order valence-electron chi connectivity index (χ0n) is 12.3. The summed E-state index contributed by atoms with van der Waals surface area (Å²) in [5.74, 6) is -1.01. The van der Waals surface area contributed by atoms with Crippen LogP contribution < -0.4 is 5.32 Å². The van der Waals surface area contributed by atoms with Crippen molar-refractivity contribution in [3.63, 3.8) is 0 Å². The molecule has 0 amide bonds. The second-order valence-corrected chi connectivity index (χ2v) is 4.97. The summed E-state index contributed by atoms with van der Waals surface area (Å²) in [6.45, 7) is 2.67. The maximum atomic E-state index is 11.4. The van der Waals surface area contributed by atoms with Crippen molar-refractivity contribution in [2.75, 3.05) is 18.5 Å². The third-order valence-corrected chi connectivity index (χ3v) is 3.39. The summed E-state index contributed by atoms with van der Waals surface area (Å²) in [5.41, 5.74) is 2.14. The van der Waals surface area contributed by atoms with Gasteiger partial charge in [-0.3, -0.25) is 4.68 Å². The van der Waals surface area contributed by atoms with Gasteiger partial charge in [-0.15, -0.1) is 0 Å². The predicted molar refractivity (Wildman–Crippen MR) is 79.6 cm³/mol. The lowest BCUT2D eigenvalue weighted by Gasteiger charge is -2.11. The van der Waals surface area contributed by atoms with Gasteiger partial charge >= 0.3 is 5.97 Å². The van der Waals surface area contributed by atoms with Gasteiger partial charge in [-0.05, 0) is 26.2 Å². The molecule has 0 radical (unpaired) electrons. The summed E-state index contributed by atoms with van der Waals surface area (Å²) in [7, 11) is 1.79. The maximum absolute atomic E-state index is 11.4. The highest BCUT2D eigenvalue weighted by Gasteiger charge is 2.18. The molecular formula is C14H20N4O3. The highest BCUT2D eigenvalue weighted by atomic mass is 16.4. The summed E-state index contributed by atoms with van der Waals surface area (Å²) in [5, 5.41) is 26.3. The fraction of sp³-hybridized carbons (Fsp3) is 0.500. The van der Waals surface area contributed by atoms with Crippen LogP contribution in [-0.2, 0) is 7.05 Å². The van der Waals surface area contributed by atoms with Crippen molar-refractivity contribution in [3.8, 4) is 0 Å². The summed E-state index contributed by atoms with van der Waals surface area (Å²) >= 11 is 0. The fourth-order valence-corrected chi connectivity index (χ4v) is 2.38. The van der Waals surface area contributed by atoms with Crippen LogP contribution in [0.4, 0.5) is 5.69 Å². The molecule has 0 aliphatic rings. The second kappa shape index (κ2) is 6.53. The van der Waals surface area contributed by atoms with Crippen LogP contribution in [0.5, 0.6) is 0 Å². The number of hydrogen-bond donors (Lipinski definition) is 3. The molecule has 0 bridgehead atoms. The van der Waals surface area contributed by atoms with Gasteiger partial charge in [0.2, 0.25) is 0 Å². The van der Waals surface area contributed by atoms with Gasteiger partial charge in [0.1, 0.15) is 5.56 Å². The number of carbonyl (C=O) groups is 1. The van der Waals surface area contributed by atoms with Crippen molar-refractivity contribution < 1.29 is 15.0 Å². The number of rotatable bonds is 7. The number of carboxylic acids is 1. The summed E-state index contributed by atoms with van der Waals surface area (Å²) < 4.78 is 1.65. The maximum Gasteiger partial charge on any atom is 0.339 e. The standard InChI is InChI=1S/C14H20N4O3/c1-9-11-12(15-6-4-3-5-7-19)10(14(20)21)8-16-13(11)18(2)17-9/h8,19H,3-7H2,1-2H3,(H,15,16)(H,20,21). The highest BCUT2D eigenvalue weighted by Crippen LogP contribution is 2.28. The van der Waals surface area contributed by atoms with Crippen LogP contribution in [0.15, 0.2) is 6.20 Å². The summed E-state index contributed by atoms with van der Waals surface area (Å²) in [6, 6.07) is 0. The van der Waals surface area contributed by atoms with E-state index in [-0.39, 0.29) is 12.2 Å². The molecule has 0 saturated heterocycles. The number of unbranched alkanes of at least 4 members (excludes halogenated alkanes) is 2. The van der Waals surface area contributed by atoms with Crippen molar-refractivity contribution in [3.05, 3.63) is 17.5 Å². The molecule has 0 unspecified atom stereocenters. The van der Waals surface area contributed by atoms with Crippen LogP contribution in [0.3, 0.4) is 0 Å². The van der Waals surface area contributed by atoms with E-state index < -0.39 is 5.97 Å². The van der Waals surface area contributed by atoms with Crippen molar-refractivity contribution in [2.24, 2.45) is 7.05 Å². The molecule has 114 valence electrons. The van der Waals surface area contributed by atoms with E-state index in [2.05, 4.69) is 15.4 Å². The molecule has 0 aliphatic heterocycles. The Balaban J connectivity index is 2.33. The van der Waals surface area contributed by atoms with Gasteiger partial charge in [0.15, 0.2) is 5.65 Å².